The minimum Gasteiger partial charge on any atom is -0.365 e. The van der Waals surface area contributed by atoms with Crippen molar-refractivity contribution >= 4 is 17.5 Å². The van der Waals surface area contributed by atoms with Crippen molar-refractivity contribution in [2.45, 2.75) is 6.43 Å². The molecule has 0 aliphatic rings. The Bertz CT molecular complexity index is 430. The molecular weight excluding hydrogens is 218 g/mol. The van der Waals surface area contributed by atoms with Gasteiger partial charge < -0.3 is 10.7 Å². The van der Waals surface area contributed by atoms with Crippen LogP contribution in [0.2, 0.25) is 5.02 Å². The van der Waals surface area contributed by atoms with Crippen molar-refractivity contribution in [3.8, 4) is 0 Å². The minimum absolute atomic E-state index is 0.395. The first kappa shape index (κ1) is 10.6. The summed E-state index contributed by atoms with van der Waals surface area (Å²) >= 11 is 5.38. The summed E-state index contributed by atoms with van der Waals surface area (Å²) in [6.07, 6.45) is -2.91. The summed E-state index contributed by atoms with van der Waals surface area (Å²) in [6, 6.07) is 0.824. The zero-order chi connectivity index (χ0) is 10.9. The summed E-state index contributed by atoms with van der Waals surface area (Å²) in [5, 5.41) is -0.395. The van der Waals surface area contributed by atoms with Crippen LogP contribution < -0.4 is 11.3 Å². The molecule has 0 atom stereocenters. The molecule has 0 fully saturated rings. The van der Waals surface area contributed by atoms with E-state index >= 15 is 0 Å². The van der Waals surface area contributed by atoms with E-state index in [1.165, 1.54) is 0 Å². The molecule has 0 unspecified atom stereocenters. The number of alkyl halides is 2. The normalized spacial score (nSPS) is 10.6. The number of H-pyrrole nitrogens is 1. The van der Waals surface area contributed by atoms with Crippen LogP contribution in [0.5, 0.6) is 0 Å². The van der Waals surface area contributed by atoms with Crippen LogP contribution in [-0.2, 0) is 0 Å². The molecule has 1 aromatic rings. The number of carbonyl (C=O) groups excluding carboxylic acids is 1. The Kier molecular flexibility index (Phi) is 2.85. The highest BCUT2D eigenvalue weighted by Gasteiger charge is 2.17. The van der Waals surface area contributed by atoms with Gasteiger partial charge in [0.15, 0.2) is 0 Å². The number of nitrogens with two attached hydrogens (primary N) is 1. The van der Waals surface area contributed by atoms with Crippen molar-refractivity contribution in [2.24, 2.45) is 5.73 Å². The molecule has 1 amide bonds. The molecule has 1 rings (SSSR count). The highest BCUT2D eigenvalue weighted by molar-refractivity contribution is 6.31. The summed E-state index contributed by atoms with van der Waals surface area (Å²) in [7, 11) is 0. The van der Waals surface area contributed by atoms with E-state index in [9.17, 15) is 18.4 Å². The van der Waals surface area contributed by atoms with Crippen molar-refractivity contribution in [1.29, 1.82) is 0 Å². The van der Waals surface area contributed by atoms with Crippen LogP contribution in [-0.4, -0.2) is 10.9 Å². The van der Waals surface area contributed by atoms with Crippen molar-refractivity contribution in [3.05, 3.63) is 32.7 Å². The van der Waals surface area contributed by atoms with E-state index in [0.29, 0.717) is 0 Å². The number of primary amides is 1. The topological polar surface area (TPSA) is 76.0 Å². The second-order valence-corrected chi connectivity index (χ2v) is 2.85. The third-order valence-corrected chi connectivity index (χ3v) is 1.82. The lowest BCUT2D eigenvalue weighted by molar-refractivity contribution is 0.0997. The summed E-state index contributed by atoms with van der Waals surface area (Å²) < 4.78 is 24.3. The van der Waals surface area contributed by atoms with Crippen LogP contribution in [0, 0.1) is 0 Å². The predicted molar refractivity (Wildman–Crippen MR) is 45.5 cm³/mol. The maximum absolute atomic E-state index is 12.2. The maximum atomic E-state index is 12.2. The van der Waals surface area contributed by atoms with Crippen molar-refractivity contribution < 1.29 is 13.6 Å². The van der Waals surface area contributed by atoms with Gasteiger partial charge in [0.05, 0.1) is 5.02 Å². The van der Waals surface area contributed by atoms with Crippen LogP contribution >= 0.6 is 11.6 Å². The standard InChI is InChI=1S/C7H5ClF2N2O2/c8-3-1-2(6(11)13)7(14)12-4(3)5(9)10/h1,5H,(H2,11,13)(H,12,14). The summed E-state index contributed by atoms with van der Waals surface area (Å²) in [6.45, 7) is 0. The number of aromatic amines is 1. The first-order valence-electron chi connectivity index (χ1n) is 3.44. The predicted octanol–water partition coefficient (Wildman–Crippen LogP) is 1.06. The molecule has 0 aliphatic heterocycles. The SMILES string of the molecule is NC(=O)c1cc(Cl)c(C(F)F)[nH]c1=O. The number of carbonyl (C=O) groups is 1. The molecule has 4 nitrogen and oxygen atoms in total. The van der Waals surface area contributed by atoms with Gasteiger partial charge in [0, 0.05) is 0 Å². The van der Waals surface area contributed by atoms with Crippen molar-refractivity contribution in [3.63, 3.8) is 0 Å². The number of hydrogen-bond acceptors (Lipinski definition) is 2. The van der Waals surface area contributed by atoms with Gasteiger partial charge in [0.25, 0.3) is 17.9 Å². The smallest absolute Gasteiger partial charge is 0.279 e. The zero-order valence-corrected chi connectivity index (χ0v) is 7.44. The fourth-order valence-corrected chi connectivity index (χ4v) is 1.10. The van der Waals surface area contributed by atoms with E-state index in [4.69, 9.17) is 17.3 Å². The summed E-state index contributed by atoms with van der Waals surface area (Å²) in [4.78, 5) is 23.4. The van der Waals surface area contributed by atoms with Crippen LogP contribution in [0.15, 0.2) is 10.9 Å². The van der Waals surface area contributed by atoms with Gasteiger partial charge in [0.2, 0.25) is 0 Å². The molecule has 0 aromatic carbocycles. The Morgan fingerprint density at radius 1 is 1.57 bits per heavy atom. The monoisotopic (exact) mass is 222 g/mol. The Labute approximate surface area is 81.7 Å². The van der Waals surface area contributed by atoms with Gasteiger partial charge in [-0.15, -0.1) is 0 Å². The molecule has 0 radical (unpaired) electrons. The maximum Gasteiger partial charge on any atom is 0.279 e. The molecule has 76 valence electrons. The number of rotatable bonds is 2. The molecule has 0 bridgehead atoms. The van der Waals surface area contributed by atoms with Crippen molar-refractivity contribution in [1.82, 2.24) is 4.98 Å². The lowest BCUT2D eigenvalue weighted by atomic mass is 10.2. The highest BCUT2D eigenvalue weighted by Crippen LogP contribution is 2.23. The van der Waals surface area contributed by atoms with E-state index in [1.54, 1.807) is 4.98 Å². The number of hydrogen-bond donors (Lipinski definition) is 2. The zero-order valence-electron chi connectivity index (χ0n) is 6.68. The molecular formula is C7H5ClF2N2O2. The number of aromatic nitrogens is 1. The summed E-state index contributed by atoms with van der Waals surface area (Å²) in [5.41, 5.74) is 2.66. The van der Waals surface area contributed by atoms with Crippen LogP contribution in [0.3, 0.4) is 0 Å². The quantitative estimate of drug-likeness (QED) is 0.785. The Balaban J connectivity index is 3.39. The van der Waals surface area contributed by atoms with Crippen LogP contribution in [0.4, 0.5) is 8.78 Å². The molecule has 0 saturated carbocycles. The molecule has 14 heavy (non-hydrogen) atoms. The third-order valence-electron chi connectivity index (χ3n) is 1.50. The average Bonchev–Trinajstić information content (AvgIpc) is 2.07. The lowest BCUT2D eigenvalue weighted by Crippen LogP contribution is -2.24. The number of amides is 1. The van der Waals surface area contributed by atoms with Gasteiger partial charge in [-0.1, -0.05) is 11.6 Å². The van der Waals surface area contributed by atoms with Gasteiger partial charge in [-0.05, 0) is 6.07 Å². The second kappa shape index (κ2) is 3.75. The van der Waals surface area contributed by atoms with E-state index in [0.717, 1.165) is 6.07 Å². The molecule has 0 saturated heterocycles. The van der Waals surface area contributed by atoms with E-state index in [2.05, 4.69) is 0 Å². The molecule has 0 spiro atoms. The van der Waals surface area contributed by atoms with Gasteiger partial charge in [-0.2, -0.15) is 0 Å². The van der Waals surface area contributed by atoms with E-state index < -0.39 is 34.2 Å². The Morgan fingerprint density at radius 3 is 2.57 bits per heavy atom. The third kappa shape index (κ3) is 1.90. The van der Waals surface area contributed by atoms with Crippen LogP contribution in [0.1, 0.15) is 22.5 Å². The average molecular weight is 223 g/mol. The van der Waals surface area contributed by atoms with Crippen molar-refractivity contribution in [2.75, 3.05) is 0 Å². The Morgan fingerprint density at radius 2 is 2.14 bits per heavy atom. The molecule has 0 aliphatic carbocycles. The molecule has 3 N–H and O–H groups in total. The molecule has 1 heterocycles. The number of nitrogens with one attached hydrogen (secondary N) is 1. The van der Waals surface area contributed by atoms with Gasteiger partial charge in [-0.25, -0.2) is 8.78 Å². The molecule has 7 heteroatoms. The number of pyridine rings is 1. The number of halogens is 3. The Hall–Kier alpha value is -1.43. The van der Waals surface area contributed by atoms with Crippen LogP contribution in [0.25, 0.3) is 0 Å². The van der Waals surface area contributed by atoms with Gasteiger partial charge >= 0.3 is 0 Å². The fraction of sp³-hybridized carbons (Fsp3) is 0.143. The fourth-order valence-electron chi connectivity index (χ4n) is 0.861. The highest BCUT2D eigenvalue weighted by atomic mass is 35.5. The largest absolute Gasteiger partial charge is 0.365 e. The van der Waals surface area contributed by atoms with Gasteiger partial charge in [0.1, 0.15) is 11.3 Å². The molecule has 1 aromatic heterocycles. The summed E-state index contributed by atoms with van der Waals surface area (Å²) in [5.74, 6) is -1.02. The van der Waals surface area contributed by atoms with E-state index in [1.807, 2.05) is 0 Å². The second-order valence-electron chi connectivity index (χ2n) is 2.44. The van der Waals surface area contributed by atoms with Gasteiger partial charge in [-0.3, -0.25) is 9.59 Å². The first-order chi connectivity index (χ1) is 6.43. The minimum atomic E-state index is -2.91. The first-order valence-corrected chi connectivity index (χ1v) is 3.82. The van der Waals surface area contributed by atoms with E-state index in [-0.39, 0.29) is 0 Å². The lowest BCUT2D eigenvalue weighted by Gasteiger charge is -2.03.